The quantitative estimate of drug-likeness (QED) is 0.0579. The summed E-state index contributed by atoms with van der Waals surface area (Å²) in [5, 5.41) is 8.91. The Labute approximate surface area is 272 Å². The van der Waals surface area contributed by atoms with Gasteiger partial charge in [-0.15, -0.1) is 0 Å². The Morgan fingerprint density at radius 3 is 1.36 bits per heavy atom. The van der Waals surface area contributed by atoms with E-state index in [9.17, 15) is 0 Å². The van der Waals surface area contributed by atoms with Crippen molar-refractivity contribution in [1.82, 2.24) is 0 Å². The van der Waals surface area contributed by atoms with Gasteiger partial charge in [-0.25, -0.2) is 0 Å². The molecule has 0 aliphatic rings. The largest absolute Gasteiger partial charge is 0.494 e. The lowest BCUT2D eigenvalue weighted by molar-refractivity contribution is -0.890. The van der Waals surface area contributed by atoms with Gasteiger partial charge in [0.15, 0.2) is 0 Å². The standard InChI is InChI=1S/C41H65N2O/c1-4-5-6-7-8-9-12-15-18-21-34-43(2,3)35-22-19-16-13-10-11-14-17-20-23-36-44-41-32-30-39(31-33-41)25-24-38-26-28-40(37-42)29-27-38/h24-33H,4-23,34-36H2,1-3H3/q+1/b25-24+. The van der Waals surface area contributed by atoms with E-state index in [1.807, 2.05) is 24.3 Å². The van der Waals surface area contributed by atoms with Crippen LogP contribution in [0.5, 0.6) is 5.75 Å². The summed E-state index contributed by atoms with van der Waals surface area (Å²) in [5.41, 5.74) is 2.92. The van der Waals surface area contributed by atoms with Crippen molar-refractivity contribution in [2.24, 2.45) is 0 Å². The Morgan fingerprint density at radius 1 is 0.545 bits per heavy atom. The predicted molar refractivity (Wildman–Crippen MR) is 192 cm³/mol. The topological polar surface area (TPSA) is 33.0 Å². The zero-order valence-electron chi connectivity index (χ0n) is 28.8. The van der Waals surface area contributed by atoms with Crippen LogP contribution in [0.3, 0.4) is 0 Å². The number of hydrogen-bond acceptors (Lipinski definition) is 2. The average molecular weight is 602 g/mol. The van der Waals surface area contributed by atoms with E-state index in [1.165, 1.54) is 140 Å². The molecule has 3 nitrogen and oxygen atoms in total. The van der Waals surface area contributed by atoms with Crippen LogP contribution in [-0.2, 0) is 0 Å². The zero-order chi connectivity index (χ0) is 31.6. The van der Waals surface area contributed by atoms with Crippen molar-refractivity contribution in [2.45, 2.75) is 135 Å². The van der Waals surface area contributed by atoms with Gasteiger partial charge in [-0.05, 0) is 67.5 Å². The van der Waals surface area contributed by atoms with Crippen molar-refractivity contribution >= 4 is 12.2 Å². The lowest BCUT2D eigenvalue weighted by Gasteiger charge is -2.30. The highest BCUT2D eigenvalue weighted by Gasteiger charge is 2.13. The van der Waals surface area contributed by atoms with E-state index in [4.69, 9.17) is 10.00 Å². The maximum atomic E-state index is 8.91. The van der Waals surface area contributed by atoms with Crippen LogP contribution in [0.15, 0.2) is 48.5 Å². The van der Waals surface area contributed by atoms with Crippen molar-refractivity contribution in [3.63, 3.8) is 0 Å². The fourth-order valence-corrected chi connectivity index (χ4v) is 5.92. The van der Waals surface area contributed by atoms with Gasteiger partial charge in [0.2, 0.25) is 0 Å². The van der Waals surface area contributed by atoms with Gasteiger partial charge in [0.25, 0.3) is 0 Å². The minimum Gasteiger partial charge on any atom is -0.494 e. The van der Waals surface area contributed by atoms with Crippen molar-refractivity contribution in [3.8, 4) is 11.8 Å². The lowest BCUT2D eigenvalue weighted by atomic mass is 10.1. The van der Waals surface area contributed by atoms with Gasteiger partial charge in [-0.1, -0.05) is 140 Å². The minimum absolute atomic E-state index is 0.688. The lowest BCUT2D eigenvalue weighted by Crippen LogP contribution is -2.41. The second kappa shape index (κ2) is 24.7. The minimum atomic E-state index is 0.688. The predicted octanol–water partition coefficient (Wildman–Crippen LogP) is 12.0. The summed E-state index contributed by atoms with van der Waals surface area (Å²) in [6.45, 7) is 5.80. The molecule has 244 valence electrons. The molecule has 0 heterocycles. The molecule has 0 radical (unpaired) electrons. The average Bonchev–Trinajstić information content (AvgIpc) is 3.04. The molecule has 0 unspecified atom stereocenters. The molecule has 0 aliphatic carbocycles. The molecule has 0 saturated carbocycles. The molecule has 0 aromatic heterocycles. The normalized spacial score (nSPS) is 11.7. The number of ether oxygens (including phenoxy) is 1. The summed E-state index contributed by atoms with van der Waals surface area (Å²) in [4.78, 5) is 0. The van der Waals surface area contributed by atoms with E-state index in [2.05, 4.69) is 63.5 Å². The number of nitriles is 1. The van der Waals surface area contributed by atoms with E-state index >= 15 is 0 Å². The maximum absolute atomic E-state index is 8.91. The fraction of sp³-hybridized carbons (Fsp3) is 0.634. The molecule has 2 aromatic carbocycles. The summed E-state index contributed by atoms with van der Waals surface area (Å²) in [7, 11) is 4.88. The van der Waals surface area contributed by atoms with Gasteiger partial charge in [-0.2, -0.15) is 5.26 Å². The van der Waals surface area contributed by atoms with Crippen molar-refractivity contribution in [3.05, 3.63) is 65.2 Å². The number of unbranched alkanes of at least 4 members (excludes halogenated alkanes) is 18. The first kappa shape index (κ1) is 37.6. The second-order valence-electron chi connectivity index (χ2n) is 13.6. The van der Waals surface area contributed by atoms with E-state index in [0.717, 1.165) is 29.9 Å². The van der Waals surface area contributed by atoms with Gasteiger partial charge < -0.3 is 9.22 Å². The molecule has 0 aliphatic heterocycles. The van der Waals surface area contributed by atoms with Crippen LogP contribution in [0.4, 0.5) is 0 Å². The first-order valence-corrected chi connectivity index (χ1v) is 18.3. The van der Waals surface area contributed by atoms with Crippen LogP contribution < -0.4 is 4.74 Å². The van der Waals surface area contributed by atoms with E-state index < -0.39 is 0 Å². The fourth-order valence-electron chi connectivity index (χ4n) is 5.92. The molecule has 3 heteroatoms. The third kappa shape index (κ3) is 19.7. The second-order valence-corrected chi connectivity index (χ2v) is 13.6. The molecule has 2 aromatic rings. The van der Waals surface area contributed by atoms with Gasteiger partial charge >= 0.3 is 0 Å². The highest BCUT2D eigenvalue weighted by atomic mass is 16.5. The van der Waals surface area contributed by atoms with Gasteiger partial charge in [-0.3, -0.25) is 0 Å². The number of quaternary nitrogens is 1. The molecule has 0 N–H and O–H groups in total. The first-order chi connectivity index (χ1) is 21.5. The molecule has 0 atom stereocenters. The summed E-state index contributed by atoms with van der Waals surface area (Å²) >= 11 is 0. The number of benzene rings is 2. The van der Waals surface area contributed by atoms with Gasteiger partial charge in [0, 0.05) is 0 Å². The molecule has 0 amide bonds. The monoisotopic (exact) mass is 602 g/mol. The maximum Gasteiger partial charge on any atom is 0.119 e. The molecule has 44 heavy (non-hydrogen) atoms. The van der Waals surface area contributed by atoms with Crippen molar-refractivity contribution < 1.29 is 9.22 Å². The Kier molecular flexibility index (Phi) is 21.1. The van der Waals surface area contributed by atoms with E-state index in [1.54, 1.807) is 0 Å². The van der Waals surface area contributed by atoms with Crippen LogP contribution in [0.1, 0.15) is 152 Å². The molecule has 2 rings (SSSR count). The molecule has 0 bridgehead atoms. The molecule has 0 saturated heterocycles. The Hall–Kier alpha value is -2.57. The third-order valence-corrected chi connectivity index (χ3v) is 8.93. The van der Waals surface area contributed by atoms with Crippen LogP contribution in [0, 0.1) is 11.3 Å². The Balaban J connectivity index is 1.36. The van der Waals surface area contributed by atoms with E-state index in [0.29, 0.717) is 5.56 Å². The van der Waals surface area contributed by atoms with E-state index in [-0.39, 0.29) is 0 Å². The van der Waals surface area contributed by atoms with Gasteiger partial charge in [0.1, 0.15) is 5.75 Å². The molecule has 0 fully saturated rings. The number of hydrogen-bond donors (Lipinski definition) is 0. The summed E-state index contributed by atoms with van der Waals surface area (Å²) in [5.74, 6) is 0.946. The molecule has 0 spiro atoms. The smallest absolute Gasteiger partial charge is 0.119 e. The Bertz CT molecular complexity index is 1020. The zero-order valence-corrected chi connectivity index (χ0v) is 28.8. The Morgan fingerprint density at radius 2 is 0.932 bits per heavy atom. The van der Waals surface area contributed by atoms with Gasteiger partial charge in [0.05, 0.1) is 45.4 Å². The first-order valence-electron chi connectivity index (χ1n) is 18.3. The van der Waals surface area contributed by atoms with Crippen LogP contribution >= 0.6 is 0 Å². The van der Waals surface area contributed by atoms with Crippen LogP contribution in [0.2, 0.25) is 0 Å². The third-order valence-electron chi connectivity index (χ3n) is 8.93. The van der Waals surface area contributed by atoms with Crippen molar-refractivity contribution in [1.29, 1.82) is 5.26 Å². The SMILES string of the molecule is CCCCCCCCCCCC[N+](C)(C)CCCCCCCCCCCCOc1ccc(/C=C/c2ccc(C#N)cc2)cc1. The highest BCUT2D eigenvalue weighted by Crippen LogP contribution is 2.17. The molecular formula is C41H65N2O+. The number of rotatable bonds is 27. The highest BCUT2D eigenvalue weighted by molar-refractivity contribution is 5.70. The van der Waals surface area contributed by atoms with Crippen LogP contribution in [-0.4, -0.2) is 38.3 Å². The summed E-state index contributed by atoms with van der Waals surface area (Å²) in [6.07, 6.45) is 32.0. The summed E-state index contributed by atoms with van der Waals surface area (Å²) in [6, 6.07) is 18.1. The molecular weight excluding hydrogens is 536 g/mol. The van der Waals surface area contributed by atoms with Crippen LogP contribution in [0.25, 0.3) is 12.2 Å². The van der Waals surface area contributed by atoms with Crippen molar-refractivity contribution in [2.75, 3.05) is 33.8 Å². The summed E-state index contributed by atoms with van der Waals surface area (Å²) < 4.78 is 7.17. The number of nitrogens with zero attached hydrogens (tertiary/aromatic N) is 2.